The van der Waals surface area contributed by atoms with Crippen molar-refractivity contribution in [2.24, 2.45) is 0 Å². The summed E-state index contributed by atoms with van der Waals surface area (Å²) in [6, 6.07) is 60.8. The van der Waals surface area contributed by atoms with E-state index in [2.05, 4.69) is 126 Å². The number of rotatable bonds is 15. The van der Waals surface area contributed by atoms with Gasteiger partial charge >= 0.3 is 17.2 Å². The maximum absolute atomic E-state index is 7.56. The van der Waals surface area contributed by atoms with E-state index < -0.39 is 28.0 Å². The van der Waals surface area contributed by atoms with Crippen LogP contribution in [0.4, 0.5) is 0 Å². The molecule has 0 N–H and O–H groups in total. The summed E-state index contributed by atoms with van der Waals surface area (Å²) in [5, 5.41) is 7.81. The molecule has 0 unspecified atom stereocenters. The molecule has 0 aliphatic rings. The molecule has 10 aromatic rings. The van der Waals surface area contributed by atoms with Gasteiger partial charge in [-0.25, -0.2) is 0 Å². The van der Waals surface area contributed by atoms with Gasteiger partial charge in [-0.3, -0.25) is 0 Å². The Hall–Kier alpha value is -7.50. The van der Waals surface area contributed by atoms with Crippen LogP contribution in [0, 0.1) is 13.8 Å². The van der Waals surface area contributed by atoms with E-state index in [4.69, 9.17) is 36.6 Å². The summed E-state index contributed by atoms with van der Waals surface area (Å²) in [5.74, 6) is 4.90. The maximum atomic E-state index is 7.56. The third-order valence-electron chi connectivity index (χ3n) is 13.3. The Morgan fingerprint density at radius 2 is 0.568 bits per heavy atom. The summed E-state index contributed by atoms with van der Waals surface area (Å²) >= 11 is 0. The van der Waals surface area contributed by atoms with Crippen molar-refractivity contribution in [2.75, 3.05) is 14.2 Å². The van der Waals surface area contributed by atoms with Crippen molar-refractivity contribution in [2.45, 2.75) is 66.2 Å². The molecule has 0 amide bonds. The third kappa shape index (κ3) is 10.1. The smallest absolute Gasteiger partial charge is 0.496 e. The number of methoxy groups -OCH3 is 2. The largest absolute Gasteiger partial charge is 0.530 e. The zero-order valence-electron chi connectivity index (χ0n) is 43.5. The summed E-state index contributed by atoms with van der Waals surface area (Å²) < 4.78 is 56.1. The second-order valence-electron chi connectivity index (χ2n) is 20.3. The normalized spacial score (nSPS) is 11.9. The lowest BCUT2D eigenvalue weighted by Crippen LogP contribution is -2.18. The van der Waals surface area contributed by atoms with Gasteiger partial charge in [0, 0.05) is 54.9 Å². The van der Waals surface area contributed by atoms with Crippen LogP contribution in [0.2, 0.25) is 0 Å². The molecular formula is C64H60O8P2. The Balaban J connectivity index is 1.23. The summed E-state index contributed by atoms with van der Waals surface area (Å²) in [7, 11) is -1.14. The number of hydrogen-bond acceptors (Lipinski definition) is 8. The van der Waals surface area contributed by atoms with Gasteiger partial charge in [-0.1, -0.05) is 187 Å². The molecule has 0 spiro atoms. The monoisotopic (exact) mass is 1020 g/mol. The highest BCUT2D eigenvalue weighted by Gasteiger charge is 2.37. The predicted octanol–water partition coefficient (Wildman–Crippen LogP) is 18.7. The molecule has 0 fully saturated rings. The molecule has 0 aromatic heterocycles. The van der Waals surface area contributed by atoms with Crippen LogP contribution in [0.25, 0.3) is 54.2 Å². The zero-order chi connectivity index (χ0) is 51.7. The predicted molar refractivity (Wildman–Crippen MR) is 305 cm³/mol. The summed E-state index contributed by atoms with van der Waals surface area (Å²) in [6.45, 7) is 17.1. The van der Waals surface area contributed by atoms with Crippen LogP contribution in [-0.2, 0) is 10.8 Å². The molecule has 10 aromatic carbocycles. The van der Waals surface area contributed by atoms with E-state index in [0.717, 1.165) is 65.3 Å². The van der Waals surface area contributed by atoms with E-state index >= 15 is 0 Å². The van der Waals surface area contributed by atoms with Crippen LogP contribution < -0.4 is 36.6 Å². The van der Waals surface area contributed by atoms with Crippen molar-refractivity contribution >= 4 is 60.3 Å². The molecular weight excluding hydrogens is 959 g/mol. The molecule has 374 valence electrons. The first kappa shape index (κ1) is 50.1. The lowest BCUT2D eigenvalue weighted by molar-refractivity contribution is 0.378. The minimum Gasteiger partial charge on any atom is -0.496 e. The van der Waals surface area contributed by atoms with Gasteiger partial charge in [-0.15, -0.1) is 0 Å². The van der Waals surface area contributed by atoms with E-state index in [1.165, 1.54) is 0 Å². The van der Waals surface area contributed by atoms with Crippen molar-refractivity contribution in [1.29, 1.82) is 0 Å². The SMILES string of the molecule is COc1cc(C(C)(C)C)c(OP(Oc2cccc3ccccc23)Oc2cccc3ccccc23)c(-c2c(C)c(OC)cc(C(C)(C)C)c2OP(Oc2cccc3ccccc23)Oc2cccc3ccccc23)c1C. The van der Waals surface area contributed by atoms with Crippen LogP contribution in [0.15, 0.2) is 182 Å². The summed E-state index contributed by atoms with van der Waals surface area (Å²) in [5.41, 5.74) is 3.74. The molecule has 0 aliphatic carbocycles. The van der Waals surface area contributed by atoms with Crippen molar-refractivity contribution in [3.63, 3.8) is 0 Å². The van der Waals surface area contributed by atoms with Crippen molar-refractivity contribution < 1.29 is 36.6 Å². The molecule has 0 heterocycles. The fourth-order valence-corrected chi connectivity index (χ4v) is 11.7. The highest BCUT2D eigenvalue weighted by molar-refractivity contribution is 7.43. The molecule has 0 atom stereocenters. The fraction of sp³-hybridized carbons (Fsp3) is 0.188. The molecule has 0 saturated heterocycles. The molecule has 8 nitrogen and oxygen atoms in total. The number of fused-ring (bicyclic) bond motifs is 4. The van der Waals surface area contributed by atoms with Gasteiger partial charge in [0.1, 0.15) is 46.0 Å². The van der Waals surface area contributed by atoms with E-state index in [1.807, 2.05) is 111 Å². The average Bonchev–Trinajstić information content (AvgIpc) is 3.39. The second kappa shape index (κ2) is 20.8. The van der Waals surface area contributed by atoms with Gasteiger partial charge in [-0.2, -0.15) is 0 Å². The van der Waals surface area contributed by atoms with Crippen LogP contribution in [0.1, 0.15) is 63.8 Å². The molecule has 0 aliphatic heterocycles. The molecule has 10 rings (SSSR count). The summed E-state index contributed by atoms with van der Waals surface area (Å²) in [4.78, 5) is 0. The fourth-order valence-electron chi connectivity index (χ4n) is 9.48. The minimum atomic E-state index is -2.27. The molecule has 0 radical (unpaired) electrons. The Morgan fingerprint density at radius 1 is 0.311 bits per heavy atom. The van der Waals surface area contributed by atoms with Gasteiger partial charge in [0.15, 0.2) is 0 Å². The van der Waals surface area contributed by atoms with E-state index in [0.29, 0.717) is 57.1 Å². The van der Waals surface area contributed by atoms with Gasteiger partial charge < -0.3 is 36.6 Å². The van der Waals surface area contributed by atoms with Crippen molar-refractivity contribution in [3.05, 3.63) is 204 Å². The molecule has 0 saturated carbocycles. The van der Waals surface area contributed by atoms with Gasteiger partial charge in [0.25, 0.3) is 0 Å². The molecule has 10 heteroatoms. The number of ether oxygens (including phenoxy) is 2. The Bertz CT molecular complexity index is 3260. The number of benzene rings is 10. The third-order valence-corrected chi connectivity index (χ3v) is 15.4. The highest BCUT2D eigenvalue weighted by atomic mass is 31.2. The summed E-state index contributed by atoms with van der Waals surface area (Å²) in [6.07, 6.45) is 0. The molecule has 0 bridgehead atoms. The van der Waals surface area contributed by atoms with Crippen molar-refractivity contribution in [1.82, 2.24) is 0 Å². The second-order valence-corrected chi connectivity index (χ2v) is 22.3. The van der Waals surface area contributed by atoms with E-state index in [9.17, 15) is 0 Å². The molecule has 74 heavy (non-hydrogen) atoms. The minimum absolute atomic E-state index is 0.507. The quantitative estimate of drug-likeness (QED) is 0.0941. The Morgan fingerprint density at radius 3 is 0.824 bits per heavy atom. The lowest BCUT2D eigenvalue weighted by atomic mass is 9.79. The van der Waals surface area contributed by atoms with Gasteiger partial charge in [-0.05, 0) is 82.6 Å². The van der Waals surface area contributed by atoms with E-state index in [1.54, 1.807) is 14.2 Å². The standard InChI is InChI=1S/C64H60O8P2/c1-41-57(65-9)39-51(63(3,4)5)61(71-73(67-53-35-19-27-43-23-11-15-31-47(43)53)68-54-36-20-28-44-24-12-16-32-48(44)54)59(41)60-42(2)58(66-10)40-52(64(6,7)8)62(60)72-74(69-55-37-21-29-45-25-13-17-33-49(45)55)70-56-38-22-30-46-26-14-18-34-50(46)56/h11-40H,1-10H3. The Kier molecular flexibility index (Phi) is 14.1. The topological polar surface area (TPSA) is 73.8 Å². The lowest BCUT2D eigenvalue weighted by Gasteiger charge is -2.32. The van der Waals surface area contributed by atoms with Crippen LogP contribution in [-0.4, -0.2) is 14.2 Å². The van der Waals surface area contributed by atoms with E-state index in [-0.39, 0.29) is 0 Å². The Labute approximate surface area is 436 Å². The van der Waals surface area contributed by atoms with Crippen molar-refractivity contribution in [3.8, 4) is 57.1 Å². The number of hydrogen-bond donors (Lipinski definition) is 0. The zero-order valence-corrected chi connectivity index (χ0v) is 45.3. The van der Waals surface area contributed by atoms with Crippen LogP contribution >= 0.6 is 17.2 Å². The first-order chi connectivity index (χ1) is 35.7. The van der Waals surface area contributed by atoms with Gasteiger partial charge in [0.2, 0.25) is 0 Å². The maximum Gasteiger partial charge on any atom is 0.530 e. The van der Waals surface area contributed by atoms with Crippen LogP contribution in [0.5, 0.6) is 46.0 Å². The first-order valence-electron chi connectivity index (χ1n) is 24.7. The average molecular weight is 1020 g/mol. The highest BCUT2D eigenvalue weighted by Crippen LogP contribution is 2.59. The van der Waals surface area contributed by atoms with Crippen LogP contribution in [0.3, 0.4) is 0 Å². The first-order valence-corrected chi connectivity index (χ1v) is 26.9. The van der Waals surface area contributed by atoms with Gasteiger partial charge in [0.05, 0.1) is 14.2 Å².